The van der Waals surface area contributed by atoms with Crippen molar-refractivity contribution < 1.29 is 19.1 Å². The number of amides is 1. The fraction of sp³-hybridized carbons (Fsp3) is 0.222. The highest BCUT2D eigenvalue weighted by Crippen LogP contribution is 2.33. The molecule has 0 aromatic heterocycles. The van der Waals surface area contributed by atoms with Crippen LogP contribution in [0, 0.1) is 0 Å². The van der Waals surface area contributed by atoms with Crippen molar-refractivity contribution >= 4 is 24.0 Å². The first-order valence-corrected chi connectivity index (χ1v) is 11.1. The van der Waals surface area contributed by atoms with Gasteiger partial charge in [-0.15, -0.1) is 0 Å². The predicted octanol–water partition coefficient (Wildman–Crippen LogP) is 5.58. The molecule has 6 nitrogen and oxygen atoms in total. The number of carbonyl (C=O) groups excluding carboxylic acids is 2. The summed E-state index contributed by atoms with van der Waals surface area (Å²) in [6, 6.07) is 23.2. The maximum absolute atomic E-state index is 12.7. The number of nitrogens with zero attached hydrogens (tertiary/aromatic N) is 2. The van der Waals surface area contributed by atoms with Crippen LogP contribution in [0.3, 0.4) is 0 Å². The Labute approximate surface area is 192 Å². The predicted molar refractivity (Wildman–Crippen MR) is 125 cm³/mol. The van der Waals surface area contributed by atoms with Gasteiger partial charge >= 0.3 is 12.1 Å². The second kappa shape index (κ2) is 9.28. The molecule has 0 bridgehead atoms. The summed E-state index contributed by atoms with van der Waals surface area (Å²) in [5, 5.41) is 0. The minimum atomic E-state index is -0.296. The molecule has 0 radical (unpaired) electrons. The van der Waals surface area contributed by atoms with E-state index < -0.39 is 0 Å². The number of fused-ring (bicyclic) bond motifs is 1. The Balaban J connectivity index is 1.25. The van der Waals surface area contributed by atoms with Crippen LogP contribution in [0.4, 0.5) is 10.5 Å². The van der Waals surface area contributed by atoms with Crippen LogP contribution < -0.4 is 0 Å². The highest BCUT2D eigenvalue weighted by Gasteiger charge is 2.31. The summed E-state index contributed by atoms with van der Waals surface area (Å²) in [5.41, 5.74) is 5.15. The topological polar surface area (TPSA) is 68.2 Å². The fourth-order valence-electron chi connectivity index (χ4n) is 4.34. The van der Waals surface area contributed by atoms with Crippen molar-refractivity contribution in [3.05, 3.63) is 101 Å². The van der Waals surface area contributed by atoms with Crippen LogP contribution in [-0.2, 0) is 22.7 Å². The summed E-state index contributed by atoms with van der Waals surface area (Å²) in [5.74, 6) is -0.296. The smallest absolute Gasteiger partial charge is 0.410 e. The SMILES string of the molecule is O=C1OCc2c(N=Cc3ccc(C4CCCN4C(=O)OCc4ccccc4)cc3)cccc21. The third kappa shape index (κ3) is 4.51. The zero-order valence-corrected chi connectivity index (χ0v) is 18.1. The van der Waals surface area contributed by atoms with Crippen molar-refractivity contribution in [2.45, 2.75) is 32.1 Å². The summed E-state index contributed by atoms with van der Waals surface area (Å²) in [4.78, 5) is 30.8. The number of hydrogen-bond acceptors (Lipinski definition) is 5. The monoisotopic (exact) mass is 440 g/mol. The molecule has 1 saturated heterocycles. The molecule has 1 unspecified atom stereocenters. The van der Waals surface area contributed by atoms with Crippen LogP contribution >= 0.6 is 0 Å². The zero-order chi connectivity index (χ0) is 22.6. The number of rotatable bonds is 5. The number of esters is 1. The second-order valence-corrected chi connectivity index (χ2v) is 8.20. The lowest BCUT2D eigenvalue weighted by molar-refractivity contribution is 0.0535. The van der Waals surface area contributed by atoms with Crippen molar-refractivity contribution in [2.24, 2.45) is 4.99 Å². The van der Waals surface area contributed by atoms with Gasteiger partial charge in [-0.3, -0.25) is 4.99 Å². The van der Waals surface area contributed by atoms with E-state index in [-0.39, 0.29) is 31.3 Å². The van der Waals surface area contributed by atoms with Crippen LogP contribution in [0.1, 0.15) is 51.5 Å². The molecule has 6 heteroatoms. The van der Waals surface area contributed by atoms with Crippen molar-refractivity contribution in [1.82, 2.24) is 4.90 Å². The van der Waals surface area contributed by atoms with Gasteiger partial charge in [0.15, 0.2) is 0 Å². The maximum Gasteiger partial charge on any atom is 0.410 e. The van der Waals surface area contributed by atoms with Gasteiger partial charge in [-0.1, -0.05) is 60.7 Å². The fourth-order valence-corrected chi connectivity index (χ4v) is 4.34. The molecule has 0 aliphatic carbocycles. The molecule has 2 aliphatic rings. The van der Waals surface area contributed by atoms with Crippen LogP contribution in [0.25, 0.3) is 0 Å². The Morgan fingerprint density at radius 3 is 2.70 bits per heavy atom. The molecule has 1 atom stereocenters. The number of carbonyl (C=O) groups is 2. The van der Waals surface area contributed by atoms with E-state index >= 15 is 0 Å². The molecule has 0 N–H and O–H groups in total. The van der Waals surface area contributed by atoms with E-state index in [4.69, 9.17) is 9.47 Å². The maximum atomic E-state index is 12.7. The molecule has 2 aliphatic heterocycles. The third-order valence-corrected chi connectivity index (χ3v) is 6.09. The molecule has 166 valence electrons. The molecular weight excluding hydrogens is 416 g/mol. The van der Waals surface area contributed by atoms with Gasteiger partial charge < -0.3 is 14.4 Å². The van der Waals surface area contributed by atoms with Gasteiger partial charge in [-0.05, 0) is 41.7 Å². The Hall–Kier alpha value is -3.93. The normalized spacial score (nSPS) is 17.3. The van der Waals surface area contributed by atoms with Gasteiger partial charge in [0.05, 0.1) is 17.3 Å². The van der Waals surface area contributed by atoms with E-state index in [0.29, 0.717) is 12.1 Å². The summed E-state index contributed by atoms with van der Waals surface area (Å²) >= 11 is 0. The third-order valence-electron chi connectivity index (χ3n) is 6.09. The molecular formula is C27H24N2O4. The largest absolute Gasteiger partial charge is 0.457 e. The number of hydrogen-bond donors (Lipinski definition) is 0. The van der Waals surface area contributed by atoms with Crippen LogP contribution in [0.15, 0.2) is 77.8 Å². The highest BCUT2D eigenvalue weighted by atomic mass is 16.6. The lowest BCUT2D eigenvalue weighted by atomic mass is 10.0. The first kappa shape index (κ1) is 20.9. The average molecular weight is 440 g/mol. The molecule has 3 aromatic rings. The Morgan fingerprint density at radius 1 is 1.06 bits per heavy atom. The van der Waals surface area contributed by atoms with Crippen molar-refractivity contribution in [2.75, 3.05) is 6.54 Å². The van der Waals surface area contributed by atoms with E-state index in [9.17, 15) is 9.59 Å². The molecule has 0 saturated carbocycles. The minimum absolute atomic E-state index is 0.0137. The van der Waals surface area contributed by atoms with E-state index in [1.165, 1.54) is 0 Å². The first-order valence-electron chi connectivity index (χ1n) is 11.1. The number of cyclic esters (lactones) is 1. The summed E-state index contributed by atoms with van der Waals surface area (Å²) in [7, 11) is 0. The van der Waals surface area contributed by atoms with E-state index in [1.54, 1.807) is 12.3 Å². The van der Waals surface area contributed by atoms with Crippen molar-refractivity contribution in [1.29, 1.82) is 0 Å². The van der Waals surface area contributed by atoms with Gasteiger partial charge in [-0.25, -0.2) is 9.59 Å². The minimum Gasteiger partial charge on any atom is -0.457 e. The molecule has 1 amide bonds. The van der Waals surface area contributed by atoms with E-state index in [1.807, 2.05) is 71.6 Å². The average Bonchev–Trinajstić information content (AvgIpc) is 3.50. The molecule has 3 aromatic carbocycles. The number of ether oxygens (including phenoxy) is 2. The summed E-state index contributed by atoms with van der Waals surface area (Å²) in [6.07, 6.45) is 3.37. The standard InChI is InChI=1S/C27H24N2O4/c30-26-22-8-4-9-24(23(22)18-32-26)28-16-19-11-13-21(14-12-19)25-10-5-15-29(25)27(31)33-17-20-6-2-1-3-7-20/h1-4,6-9,11-14,16,25H,5,10,15,17-18H2. The molecule has 1 fully saturated rings. The van der Waals surface area contributed by atoms with Gasteiger partial charge in [0.2, 0.25) is 0 Å². The Bertz CT molecular complexity index is 1190. The molecule has 2 heterocycles. The van der Waals surface area contributed by atoms with E-state index in [0.717, 1.165) is 40.8 Å². The number of aliphatic imine (C=N–C) groups is 1. The zero-order valence-electron chi connectivity index (χ0n) is 18.1. The van der Waals surface area contributed by atoms with Crippen molar-refractivity contribution in [3.8, 4) is 0 Å². The van der Waals surface area contributed by atoms with Gasteiger partial charge in [0.1, 0.15) is 13.2 Å². The summed E-state index contributed by atoms with van der Waals surface area (Å²) < 4.78 is 10.7. The Morgan fingerprint density at radius 2 is 1.88 bits per heavy atom. The van der Waals surface area contributed by atoms with Gasteiger partial charge in [0.25, 0.3) is 0 Å². The van der Waals surface area contributed by atoms with Gasteiger partial charge in [-0.2, -0.15) is 0 Å². The molecule has 0 spiro atoms. The molecule has 5 rings (SSSR count). The second-order valence-electron chi connectivity index (χ2n) is 8.20. The van der Waals surface area contributed by atoms with Crippen LogP contribution in [-0.4, -0.2) is 29.7 Å². The highest BCUT2D eigenvalue weighted by molar-refractivity contribution is 5.95. The summed E-state index contributed by atoms with van der Waals surface area (Å²) in [6.45, 7) is 1.23. The lowest BCUT2D eigenvalue weighted by Gasteiger charge is -2.24. The number of benzene rings is 3. The van der Waals surface area contributed by atoms with Gasteiger partial charge in [0, 0.05) is 18.3 Å². The lowest BCUT2D eigenvalue weighted by Crippen LogP contribution is -2.31. The quantitative estimate of drug-likeness (QED) is 0.384. The Kier molecular flexibility index (Phi) is 5.89. The van der Waals surface area contributed by atoms with Crippen molar-refractivity contribution in [3.63, 3.8) is 0 Å². The van der Waals surface area contributed by atoms with Crippen LogP contribution in [0.2, 0.25) is 0 Å². The van der Waals surface area contributed by atoms with Crippen LogP contribution in [0.5, 0.6) is 0 Å². The first-order chi connectivity index (χ1) is 16.2. The molecule has 33 heavy (non-hydrogen) atoms. The van der Waals surface area contributed by atoms with E-state index in [2.05, 4.69) is 4.99 Å². The number of likely N-dealkylation sites (tertiary alicyclic amines) is 1.